The first-order valence-corrected chi connectivity index (χ1v) is 11.3. The number of carbonyl (C=O) groups excluding carboxylic acids is 2. The van der Waals surface area contributed by atoms with Gasteiger partial charge in [0.15, 0.2) is 0 Å². The van der Waals surface area contributed by atoms with Crippen LogP contribution in [0, 0.1) is 11.8 Å². The minimum atomic E-state index is 0.0178. The molecule has 0 fully saturated rings. The fourth-order valence-corrected chi connectivity index (χ4v) is 2.27. The van der Waals surface area contributed by atoms with Crippen molar-refractivity contribution in [1.82, 2.24) is 10.6 Å². The van der Waals surface area contributed by atoms with Crippen molar-refractivity contribution in [2.24, 2.45) is 11.8 Å². The molecule has 2 amide bonds. The molecule has 0 rings (SSSR count). The van der Waals surface area contributed by atoms with Crippen LogP contribution in [0.1, 0.15) is 53.4 Å². The molecule has 0 aromatic rings. The molecule has 0 spiro atoms. The monoisotopic (exact) mass is 432 g/mol. The second kappa shape index (κ2) is 21.0. The van der Waals surface area contributed by atoms with Gasteiger partial charge in [0, 0.05) is 25.9 Å². The molecule has 0 aromatic carbocycles. The Morgan fingerprint density at radius 3 is 1.73 bits per heavy atom. The minimum absolute atomic E-state index is 0.0178. The molecule has 0 saturated heterocycles. The Kier molecular flexibility index (Phi) is 20.2. The standard InChI is InChI=1S/C22H44N2O6/c1-5-20(4)6-7-21(25)23-9-11-28-13-15-30-17-16-29-14-12-27-10-8-22(26)24-18-19(2)3/h19-20H,5-18H2,1-4H3,(H,23,25)(H,24,26). The minimum Gasteiger partial charge on any atom is -0.379 e. The molecule has 0 saturated carbocycles. The first kappa shape index (κ1) is 28.8. The molecule has 0 bridgehead atoms. The number of amides is 2. The largest absolute Gasteiger partial charge is 0.379 e. The van der Waals surface area contributed by atoms with Crippen LogP contribution in [0.3, 0.4) is 0 Å². The van der Waals surface area contributed by atoms with Gasteiger partial charge in [-0.1, -0.05) is 34.1 Å². The Morgan fingerprint density at radius 2 is 1.20 bits per heavy atom. The summed E-state index contributed by atoms with van der Waals surface area (Å²) in [5.74, 6) is 1.15. The highest BCUT2D eigenvalue weighted by Crippen LogP contribution is 2.08. The lowest BCUT2D eigenvalue weighted by atomic mass is 10.0. The van der Waals surface area contributed by atoms with Crippen LogP contribution in [-0.2, 0) is 28.5 Å². The molecule has 2 N–H and O–H groups in total. The average molecular weight is 433 g/mol. The molecule has 0 heterocycles. The molecule has 8 nitrogen and oxygen atoms in total. The highest BCUT2D eigenvalue weighted by atomic mass is 16.6. The fourth-order valence-electron chi connectivity index (χ4n) is 2.27. The van der Waals surface area contributed by atoms with Gasteiger partial charge in [0.1, 0.15) is 0 Å². The van der Waals surface area contributed by atoms with Gasteiger partial charge in [-0.15, -0.1) is 0 Å². The smallest absolute Gasteiger partial charge is 0.222 e. The van der Waals surface area contributed by atoms with Gasteiger partial charge in [-0.3, -0.25) is 9.59 Å². The van der Waals surface area contributed by atoms with E-state index in [2.05, 4.69) is 38.3 Å². The van der Waals surface area contributed by atoms with Gasteiger partial charge < -0.3 is 29.6 Å². The summed E-state index contributed by atoms with van der Waals surface area (Å²) < 4.78 is 21.6. The van der Waals surface area contributed by atoms with E-state index in [9.17, 15) is 9.59 Å². The lowest BCUT2D eigenvalue weighted by Gasteiger charge is -2.10. The number of ether oxygens (including phenoxy) is 4. The van der Waals surface area contributed by atoms with E-state index >= 15 is 0 Å². The van der Waals surface area contributed by atoms with E-state index in [1.54, 1.807) is 0 Å². The first-order chi connectivity index (χ1) is 14.5. The molecule has 0 aliphatic rings. The number of nitrogens with one attached hydrogen (secondary N) is 2. The third-order valence-corrected chi connectivity index (χ3v) is 4.43. The van der Waals surface area contributed by atoms with Gasteiger partial charge in [-0.05, 0) is 18.3 Å². The summed E-state index contributed by atoms with van der Waals surface area (Å²) in [6.07, 6.45) is 2.99. The maximum atomic E-state index is 11.6. The van der Waals surface area contributed by atoms with Crippen LogP contribution in [0.15, 0.2) is 0 Å². The molecule has 1 unspecified atom stereocenters. The second-order valence-corrected chi connectivity index (χ2v) is 7.80. The number of rotatable bonds is 21. The highest BCUT2D eigenvalue weighted by molar-refractivity contribution is 5.76. The topological polar surface area (TPSA) is 95.1 Å². The van der Waals surface area contributed by atoms with Gasteiger partial charge >= 0.3 is 0 Å². The van der Waals surface area contributed by atoms with Crippen LogP contribution >= 0.6 is 0 Å². The molecular formula is C22H44N2O6. The summed E-state index contributed by atoms with van der Waals surface area (Å²) in [7, 11) is 0. The first-order valence-electron chi connectivity index (χ1n) is 11.3. The summed E-state index contributed by atoms with van der Waals surface area (Å²) in [5, 5.41) is 5.71. The predicted octanol–water partition coefficient (Wildman–Crippen LogP) is 2.16. The van der Waals surface area contributed by atoms with Crippen molar-refractivity contribution >= 4 is 11.8 Å². The van der Waals surface area contributed by atoms with Crippen molar-refractivity contribution in [2.45, 2.75) is 53.4 Å². The number of hydrogen-bond acceptors (Lipinski definition) is 6. The second-order valence-electron chi connectivity index (χ2n) is 7.80. The molecule has 1 atom stereocenters. The Hall–Kier alpha value is -1.22. The fraction of sp³-hybridized carbons (Fsp3) is 0.909. The van der Waals surface area contributed by atoms with Crippen molar-refractivity contribution in [1.29, 1.82) is 0 Å². The zero-order valence-electron chi connectivity index (χ0n) is 19.5. The maximum absolute atomic E-state index is 11.6. The summed E-state index contributed by atoms with van der Waals surface area (Å²) in [5.41, 5.74) is 0. The molecule has 0 aliphatic carbocycles. The molecule has 8 heteroatoms. The van der Waals surface area contributed by atoms with Gasteiger partial charge in [-0.25, -0.2) is 0 Å². The van der Waals surface area contributed by atoms with E-state index in [0.29, 0.717) is 90.6 Å². The zero-order valence-corrected chi connectivity index (χ0v) is 19.5. The quantitative estimate of drug-likeness (QED) is 0.270. The van der Waals surface area contributed by atoms with E-state index in [4.69, 9.17) is 18.9 Å². The lowest BCUT2D eigenvalue weighted by Crippen LogP contribution is -2.28. The van der Waals surface area contributed by atoms with Crippen molar-refractivity contribution in [3.05, 3.63) is 0 Å². The molecule has 30 heavy (non-hydrogen) atoms. The summed E-state index contributed by atoms with van der Waals surface area (Å²) in [4.78, 5) is 23.1. The molecular weight excluding hydrogens is 388 g/mol. The molecule has 0 aliphatic heterocycles. The zero-order chi connectivity index (χ0) is 22.5. The Bertz CT molecular complexity index is 420. The van der Waals surface area contributed by atoms with Crippen LogP contribution in [0.2, 0.25) is 0 Å². The van der Waals surface area contributed by atoms with Crippen LogP contribution in [0.5, 0.6) is 0 Å². The van der Waals surface area contributed by atoms with Gasteiger partial charge in [0.25, 0.3) is 0 Å². The number of hydrogen-bond donors (Lipinski definition) is 2. The van der Waals surface area contributed by atoms with E-state index in [1.807, 2.05) is 0 Å². The Labute approximate surface area is 182 Å². The third kappa shape index (κ3) is 21.5. The Balaban J connectivity index is 3.21. The van der Waals surface area contributed by atoms with E-state index in [-0.39, 0.29) is 11.8 Å². The van der Waals surface area contributed by atoms with Gasteiger partial charge in [-0.2, -0.15) is 0 Å². The Morgan fingerprint density at radius 1 is 0.700 bits per heavy atom. The van der Waals surface area contributed by atoms with Gasteiger partial charge in [0.05, 0.1) is 52.9 Å². The molecule has 0 radical (unpaired) electrons. The third-order valence-electron chi connectivity index (χ3n) is 4.43. The predicted molar refractivity (Wildman–Crippen MR) is 117 cm³/mol. The lowest BCUT2D eigenvalue weighted by molar-refractivity contribution is -0.122. The van der Waals surface area contributed by atoms with E-state index in [0.717, 1.165) is 12.8 Å². The average Bonchev–Trinajstić information content (AvgIpc) is 2.73. The van der Waals surface area contributed by atoms with Crippen molar-refractivity contribution in [2.75, 3.05) is 65.9 Å². The molecule has 0 aromatic heterocycles. The van der Waals surface area contributed by atoms with Crippen molar-refractivity contribution < 1.29 is 28.5 Å². The molecule has 178 valence electrons. The van der Waals surface area contributed by atoms with Crippen LogP contribution in [-0.4, -0.2) is 77.8 Å². The van der Waals surface area contributed by atoms with Crippen LogP contribution < -0.4 is 10.6 Å². The van der Waals surface area contributed by atoms with Crippen LogP contribution in [0.4, 0.5) is 0 Å². The van der Waals surface area contributed by atoms with Crippen LogP contribution in [0.25, 0.3) is 0 Å². The number of carbonyl (C=O) groups is 2. The maximum Gasteiger partial charge on any atom is 0.222 e. The van der Waals surface area contributed by atoms with E-state index in [1.165, 1.54) is 0 Å². The van der Waals surface area contributed by atoms with E-state index < -0.39 is 0 Å². The van der Waals surface area contributed by atoms with Crippen molar-refractivity contribution in [3.8, 4) is 0 Å². The summed E-state index contributed by atoms with van der Waals surface area (Å²) in [6, 6.07) is 0. The summed E-state index contributed by atoms with van der Waals surface area (Å²) >= 11 is 0. The SMILES string of the molecule is CCC(C)CCC(=O)NCCOCCOCCOCCOCCC(=O)NCC(C)C. The normalized spacial score (nSPS) is 12.2. The highest BCUT2D eigenvalue weighted by Gasteiger charge is 2.04. The van der Waals surface area contributed by atoms with Crippen molar-refractivity contribution in [3.63, 3.8) is 0 Å². The van der Waals surface area contributed by atoms with Gasteiger partial charge in [0.2, 0.25) is 11.8 Å². The summed E-state index contributed by atoms with van der Waals surface area (Å²) in [6.45, 7) is 13.4.